The van der Waals surface area contributed by atoms with Crippen molar-refractivity contribution in [2.45, 2.75) is 26.4 Å². The van der Waals surface area contributed by atoms with E-state index in [1.165, 1.54) is 0 Å². The molecule has 1 rings (SSSR count). The number of carbonyl (C=O) groups excluding carboxylic acids is 1. The Morgan fingerprint density at radius 1 is 1.54 bits per heavy atom. The van der Waals surface area contributed by atoms with Crippen LogP contribution in [0, 0.1) is 0 Å². The number of aromatic amines is 1. The van der Waals surface area contributed by atoms with Crippen LogP contribution in [0.1, 0.15) is 31.3 Å². The Bertz CT molecular complexity index is 272. The van der Waals surface area contributed by atoms with Gasteiger partial charge in [-0.15, -0.1) is 0 Å². The second kappa shape index (κ2) is 3.62. The van der Waals surface area contributed by atoms with Gasteiger partial charge in [-0.25, -0.2) is 5.48 Å². The number of aromatic nitrogens is 1. The average Bonchev–Trinajstić information content (AvgIpc) is 2.50. The van der Waals surface area contributed by atoms with E-state index in [0.717, 1.165) is 0 Å². The lowest BCUT2D eigenvalue weighted by molar-refractivity contribution is -0.0591. The van der Waals surface area contributed by atoms with Crippen molar-refractivity contribution in [1.29, 1.82) is 0 Å². The Balaban J connectivity index is 2.44. The minimum atomic E-state index is -0.373. The summed E-state index contributed by atoms with van der Waals surface area (Å²) in [5.74, 6) is -0.264. The lowest BCUT2D eigenvalue weighted by Crippen LogP contribution is -2.33. The molecule has 0 bridgehead atoms. The molecular formula is C9H14N2O2. The van der Waals surface area contributed by atoms with E-state index >= 15 is 0 Å². The highest BCUT2D eigenvalue weighted by Crippen LogP contribution is 2.04. The molecule has 0 saturated carbocycles. The highest BCUT2D eigenvalue weighted by Gasteiger charge is 2.13. The van der Waals surface area contributed by atoms with Crippen LogP contribution in [0.25, 0.3) is 0 Å². The van der Waals surface area contributed by atoms with Gasteiger partial charge in [-0.05, 0) is 32.9 Å². The lowest BCUT2D eigenvalue weighted by Gasteiger charge is -2.18. The van der Waals surface area contributed by atoms with Crippen LogP contribution >= 0.6 is 0 Å². The molecule has 0 unspecified atom stereocenters. The fourth-order valence-corrected chi connectivity index (χ4v) is 0.726. The molecule has 1 heterocycles. The Hall–Kier alpha value is -1.29. The third kappa shape index (κ3) is 3.29. The number of rotatable bonds is 2. The summed E-state index contributed by atoms with van der Waals surface area (Å²) in [4.78, 5) is 19.2. The molecular weight excluding hydrogens is 168 g/mol. The van der Waals surface area contributed by atoms with E-state index in [0.29, 0.717) is 5.69 Å². The molecule has 1 amide bonds. The van der Waals surface area contributed by atoms with E-state index in [1.807, 2.05) is 20.8 Å². The monoisotopic (exact) mass is 182 g/mol. The highest BCUT2D eigenvalue weighted by molar-refractivity contribution is 5.91. The van der Waals surface area contributed by atoms with Gasteiger partial charge in [0.25, 0.3) is 5.91 Å². The minimum Gasteiger partial charge on any atom is -0.357 e. The smallest absolute Gasteiger partial charge is 0.291 e. The van der Waals surface area contributed by atoms with Gasteiger partial charge in [0, 0.05) is 6.20 Å². The summed E-state index contributed by atoms with van der Waals surface area (Å²) in [6.45, 7) is 5.59. The van der Waals surface area contributed by atoms with Crippen molar-refractivity contribution in [1.82, 2.24) is 10.5 Å². The van der Waals surface area contributed by atoms with E-state index in [2.05, 4.69) is 10.5 Å². The number of H-pyrrole nitrogens is 1. The predicted octanol–water partition coefficient (Wildman–Crippen LogP) is 1.47. The lowest BCUT2D eigenvalue weighted by atomic mass is 10.2. The molecule has 0 fully saturated rings. The zero-order chi connectivity index (χ0) is 9.90. The van der Waals surface area contributed by atoms with Gasteiger partial charge in [-0.1, -0.05) is 0 Å². The molecule has 0 radical (unpaired) electrons. The number of nitrogens with one attached hydrogen (secondary N) is 2. The van der Waals surface area contributed by atoms with E-state index in [4.69, 9.17) is 4.84 Å². The molecule has 13 heavy (non-hydrogen) atoms. The fraction of sp³-hybridized carbons (Fsp3) is 0.444. The molecule has 0 aliphatic carbocycles. The van der Waals surface area contributed by atoms with E-state index < -0.39 is 0 Å². The molecule has 1 aromatic rings. The zero-order valence-corrected chi connectivity index (χ0v) is 8.05. The summed E-state index contributed by atoms with van der Waals surface area (Å²) in [7, 11) is 0. The topological polar surface area (TPSA) is 54.1 Å². The van der Waals surface area contributed by atoms with Crippen LogP contribution < -0.4 is 5.48 Å². The van der Waals surface area contributed by atoms with Crippen molar-refractivity contribution in [2.24, 2.45) is 0 Å². The van der Waals surface area contributed by atoms with Crippen molar-refractivity contribution < 1.29 is 9.63 Å². The first-order valence-corrected chi connectivity index (χ1v) is 4.11. The van der Waals surface area contributed by atoms with Gasteiger partial charge in [0.1, 0.15) is 5.69 Å². The zero-order valence-electron chi connectivity index (χ0n) is 8.05. The van der Waals surface area contributed by atoms with E-state index in [9.17, 15) is 4.79 Å². The standard InChI is InChI=1S/C9H14N2O2/c1-9(2,3)13-11-8(12)7-5-4-6-10-7/h4-6,10H,1-3H3,(H,11,12). The second-order valence-electron chi connectivity index (χ2n) is 3.73. The maximum atomic E-state index is 11.3. The SMILES string of the molecule is CC(C)(C)ONC(=O)c1ccc[nH]1. The largest absolute Gasteiger partial charge is 0.357 e. The number of hydrogen-bond donors (Lipinski definition) is 2. The Labute approximate surface area is 77.2 Å². The Morgan fingerprint density at radius 3 is 2.69 bits per heavy atom. The van der Waals surface area contributed by atoms with Gasteiger partial charge in [0.2, 0.25) is 0 Å². The quantitative estimate of drug-likeness (QED) is 0.680. The van der Waals surface area contributed by atoms with Crippen LogP contribution in [0.5, 0.6) is 0 Å². The Morgan fingerprint density at radius 2 is 2.23 bits per heavy atom. The van der Waals surface area contributed by atoms with Crippen molar-refractivity contribution in [2.75, 3.05) is 0 Å². The third-order valence-electron chi connectivity index (χ3n) is 1.29. The van der Waals surface area contributed by atoms with Crippen LogP contribution in [-0.2, 0) is 4.84 Å². The first-order valence-electron chi connectivity index (χ1n) is 4.11. The van der Waals surface area contributed by atoms with Gasteiger partial charge >= 0.3 is 0 Å². The van der Waals surface area contributed by atoms with Crippen molar-refractivity contribution in [3.05, 3.63) is 24.0 Å². The van der Waals surface area contributed by atoms with Crippen LogP contribution in [0.3, 0.4) is 0 Å². The van der Waals surface area contributed by atoms with Crippen LogP contribution in [0.4, 0.5) is 0 Å². The van der Waals surface area contributed by atoms with Gasteiger partial charge in [0.15, 0.2) is 0 Å². The molecule has 72 valence electrons. The molecule has 4 heteroatoms. The molecule has 0 aliphatic rings. The molecule has 0 aromatic carbocycles. The molecule has 2 N–H and O–H groups in total. The van der Waals surface area contributed by atoms with Crippen molar-refractivity contribution in [3.63, 3.8) is 0 Å². The molecule has 1 aromatic heterocycles. The summed E-state index contributed by atoms with van der Waals surface area (Å²) in [6.07, 6.45) is 1.69. The summed E-state index contributed by atoms with van der Waals surface area (Å²) in [6, 6.07) is 3.44. The minimum absolute atomic E-state index is 0.264. The molecule has 0 spiro atoms. The van der Waals surface area contributed by atoms with E-state index in [-0.39, 0.29) is 11.5 Å². The van der Waals surface area contributed by atoms with Gasteiger partial charge in [-0.3, -0.25) is 9.63 Å². The normalized spacial score (nSPS) is 11.3. The van der Waals surface area contributed by atoms with Crippen molar-refractivity contribution in [3.8, 4) is 0 Å². The van der Waals surface area contributed by atoms with E-state index in [1.54, 1.807) is 18.3 Å². The summed E-state index contributed by atoms with van der Waals surface area (Å²) < 4.78 is 0. The number of amides is 1. The van der Waals surface area contributed by atoms with Crippen LogP contribution in [-0.4, -0.2) is 16.5 Å². The van der Waals surface area contributed by atoms with Crippen LogP contribution in [0.2, 0.25) is 0 Å². The number of carbonyl (C=O) groups is 1. The predicted molar refractivity (Wildman–Crippen MR) is 49.1 cm³/mol. The summed E-state index contributed by atoms with van der Waals surface area (Å²) >= 11 is 0. The fourth-order valence-electron chi connectivity index (χ4n) is 0.726. The number of hydrogen-bond acceptors (Lipinski definition) is 2. The second-order valence-corrected chi connectivity index (χ2v) is 3.73. The molecule has 0 atom stereocenters. The average molecular weight is 182 g/mol. The van der Waals surface area contributed by atoms with Crippen molar-refractivity contribution >= 4 is 5.91 Å². The highest BCUT2D eigenvalue weighted by atomic mass is 16.7. The molecule has 0 aliphatic heterocycles. The van der Waals surface area contributed by atoms with Crippen LogP contribution in [0.15, 0.2) is 18.3 Å². The molecule has 0 saturated heterocycles. The van der Waals surface area contributed by atoms with Gasteiger partial charge in [-0.2, -0.15) is 0 Å². The molecule has 4 nitrogen and oxygen atoms in total. The van der Waals surface area contributed by atoms with Gasteiger partial charge < -0.3 is 4.98 Å². The maximum Gasteiger partial charge on any atom is 0.291 e. The number of hydroxylamine groups is 1. The maximum absolute atomic E-state index is 11.3. The first-order chi connectivity index (χ1) is 5.99. The Kier molecular flexibility index (Phi) is 2.72. The first kappa shape index (κ1) is 9.80. The third-order valence-corrected chi connectivity index (χ3v) is 1.29. The summed E-state index contributed by atoms with van der Waals surface area (Å²) in [5, 5.41) is 0. The summed E-state index contributed by atoms with van der Waals surface area (Å²) in [5.41, 5.74) is 2.47. The van der Waals surface area contributed by atoms with Gasteiger partial charge in [0.05, 0.1) is 5.60 Å².